The molecule has 5 nitrogen and oxygen atoms in total. The molecule has 0 saturated carbocycles. The van der Waals surface area contributed by atoms with E-state index in [9.17, 15) is 13.4 Å². The Morgan fingerprint density at radius 1 is 1.41 bits per heavy atom. The van der Waals surface area contributed by atoms with Gasteiger partial charge in [0.05, 0.1) is 17.3 Å². The maximum Gasteiger partial charge on any atom is 0.233 e. The van der Waals surface area contributed by atoms with Gasteiger partial charge in [-0.05, 0) is 31.2 Å². The Labute approximate surface area is 134 Å². The summed E-state index contributed by atoms with van der Waals surface area (Å²) < 4.78 is 30.4. The van der Waals surface area contributed by atoms with Gasteiger partial charge >= 0.3 is 0 Å². The highest BCUT2D eigenvalue weighted by Gasteiger charge is 2.12. The molecule has 0 aliphatic heterocycles. The number of amides is 1. The molecule has 2 rings (SSSR count). The van der Waals surface area contributed by atoms with Crippen LogP contribution in [0.4, 0.5) is 4.39 Å². The number of benzene rings is 1. The van der Waals surface area contributed by atoms with Crippen molar-refractivity contribution in [1.82, 2.24) is 10.3 Å². The van der Waals surface area contributed by atoms with Crippen LogP contribution in [0.15, 0.2) is 34.0 Å². The molecular weight excluding hydrogens is 327 g/mol. The first kappa shape index (κ1) is 16.6. The van der Waals surface area contributed by atoms with E-state index >= 15 is 0 Å². The maximum atomic E-state index is 12.7. The lowest BCUT2D eigenvalue weighted by atomic mass is 10.3. The fraction of sp³-hybridized carbons (Fsp3) is 0.286. The summed E-state index contributed by atoms with van der Waals surface area (Å²) in [5.74, 6) is -0.254. The van der Waals surface area contributed by atoms with Crippen molar-refractivity contribution < 1.29 is 18.1 Å². The molecule has 0 fully saturated rings. The van der Waals surface area contributed by atoms with Crippen LogP contribution in [-0.4, -0.2) is 34.0 Å². The van der Waals surface area contributed by atoms with Gasteiger partial charge < -0.3 is 10.1 Å². The molecule has 1 heterocycles. The van der Waals surface area contributed by atoms with Crippen LogP contribution in [0.25, 0.3) is 0 Å². The molecular formula is C14H15FN2O3S2. The first-order valence-corrected chi connectivity index (χ1v) is 8.70. The topological polar surface area (TPSA) is 68.3 Å². The van der Waals surface area contributed by atoms with Crippen LogP contribution in [0, 0.1) is 12.7 Å². The average molecular weight is 342 g/mol. The minimum Gasteiger partial charge on any atom is -0.492 e. The van der Waals surface area contributed by atoms with Crippen molar-refractivity contribution in [3.05, 3.63) is 41.2 Å². The Bertz CT molecular complexity index is 658. The predicted molar refractivity (Wildman–Crippen MR) is 83.0 cm³/mol. The summed E-state index contributed by atoms with van der Waals surface area (Å²) in [5, 5.41) is 4.41. The minimum absolute atomic E-state index is 0.122. The molecule has 0 spiro atoms. The van der Waals surface area contributed by atoms with Crippen LogP contribution in [-0.2, 0) is 15.6 Å². The Morgan fingerprint density at radius 3 is 2.77 bits per heavy atom. The van der Waals surface area contributed by atoms with Gasteiger partial charge in [-0.25, -0.2) is 9.37 Å². The number of halogens is 1. The van der Waals surface area contributed by atoms with Crippen LogP contribution in [0.1, 0.15) is 5.69 Å². The summed E-state index contributed by atoms with van der Waals surface area (Å²) in [5.41, 5.74) is 0.793. The zero-order valence-corrected chi connectivity index (χ0v) is 13.5. The molecule has 2 aromatic rings. The van der Waals surface area contributed by atoms with Gasteiger partial charge in [0.1, 0.15) is 23.9 Å². The summed E-state index contributed by atoms with van der Waals surface area (Å²) >= 11 is 1.28. The van der Waals surface area contributed by atoms with Crippen LogP contribution in [0.3, 0.4) is 0 Å². The van der Waals surface area contributed by atoms with Crippen LogP contribution >= 0.6 is 11.3 Å². The normalized spacial score (nSPS) is 11.9. The predicted octanol–water partition coefficient (Wildman–Crippen LogP) is 1.89. The summed E-state index contributed by atoms with van der Waals surface area (Å²) in [7, 11) is -1.42. The number of carbonyl (C=O) groups is 1. The van der Waals surface area contributed by atoms with Crippen molar-refractivity contribution in [1.29, 1.82) is 0 Å². The van der Waals surface area contributed by atoms with Gasteiger partial charge in [-0.15, -0.1) is 11.3 Å². The highest BCUT2D eigenvalue weighted by molar-refractivity contribution is 7.87. The zero-order valence-electron chi connectivity index (χ0n) is 11.9. The zero-order chi connectivity index (χ0) is 15.9. The van der Waals surface area contributed by atoms with Gasteiger partial charge in [0, 0.05) is 11.1 Å². The Morgan fingerprint density at radius 2 is 2.14 bits per heavy atom. The Hall–Kier alpha value is -1.80. The molecule has 0 aliphatic carbocycles. The molecule has 1 amide bonds. The van der Waals surface area contributed by atoms with Crippen molar-refractivity contribution >= 4 is 28.0 Å². The molecule has 0 bridgehead atoms. The molecule has 8 heteroatoms. The van der Waals surface area contributed by atoms with Crippen molar-refractivity contribution in [3.63, 3.8) is 0 Å². The third-order valence-electron chi connectivity index (χ3n) is 2.56. The van der Waals surface area contributed by atoms with E-state index in [0.29, 0.717) is 10.1 Å². The van der Waals surface area contributed by atoms with E-state index in [1.165, 1.54) is 35.6 Å². The van der Waals surface area contributed by atoms with Gasteiger partial charge in [0.25, 0.3) is 0 Å². The molecule has 1 N–H and O–H groups in total. The average Bonchev–Trinajstić information content (AvgIpc) is 2.92. The first-order valence-electron chi connectivity index (χ1n) is 6.50. The number of rotatable bonds is 7. The molecule has 22 heavy (non-hydrogen) atoms. The largest absolute Gasteiger partial charge is 0.492 e. The quantitative estimate of drug-likeness (QED) is 0.780. The molecule has 0 aliphatic rings. The lowest BCUT2D eigenvalue weighted by molar-refractivity contribution is -0.118. The molecule has 0 saturated heterocycles. The highest BCUT2D eigenvalue weighted by Crippen LogP contribution is 2.13. The number of aromatic nitrogens is 1. The Kier molecular flexibility index (Phi) is 6.02. The molecule has 0 radical (unpaired) electrons. The smallest absolute Gasteiger partial charge is 0.233 e. The third kappa shape index (κ3) is 5.19. The highest BCUT2D eigenvalue weighted by atomic mass is 32.2. The van der Waals surface area contributed by atoms with Gasteiger partial charge in [-0.1, -0.05) is 0 Å². The second kappa shape index (κ2) is 8.00. The number of hydrogen-bond acceptors (Lipinski definition) is 5. The van der Waals surface area contributed by atoms with E-state index in [-0.39, 0.29) is 30.6 Å². The fourth-order valence-electron chi connectivity index (χ4n) is 1.56. The van der Waals surface area contributed by atoms with E-state index in [0.717, 1.165) is 5.69 Å². The lowest BCUT2D eigenvalue weighted by Gasteiger charge is -2.07. The van der Waals surface area contributed by atoms with E-state index in [2.05, 4.69) is 10.3 Å². The van der Waals surface area contributed by atoms with Crippen molar-refractivity contribution in [2.45, 2.75) is 11.3 Å². The maximum absolute atomic E-state index is 12.7. The molecule has 1 aromatic carbocycles. The molecule has 1 unspecified atom stereocenters. The van der Waals surface area contributed by atoms with Gasteiger partial charge in [-0.2, -0.15) is 0 Å². The van der Waals surface area contributed by atoms with Crippen LogP contribution < -0.4 is 10.1 Å². The van der Waals surface area contributed by atoms with Gasteiger partial charge in [-0.3, -0.25) is 9.00 Å². The van der Waals surface area contributed by atoms with E-state index in [1.807, 2.05) is 6.92 Å². The van der Waals surface area contributed by atoms with E-state index < -0.39 is 10.8 Å². The number of nitrogens with zero attached hydrogens (tertiary/aromatic N) is 1. The standard InChI is InChI=1S/C14H15FN2O3S2/c1-10-8-21-14(17-10)22(19)9-13(18)16-6-7-20-12-4-2-11(15)3-5-12/h2-5,8H,6-7,9H2,1H3,(H,16,18). The molecule has 1 atom stereocenters. The number of hydrogen-bond donors (Lipinski definition) is 1. The number of thiazole rings is 1. The van der Waals surface area contributed by atoms with Gasteiger partial charge in [0.15, 0.2) is 4.34 Å². The molecule has 118 valence electrons. The number of nitrogens with one attached hydrogen (secondary N) is 1. The summed E-state index contributed by atoms with van der Waals surface area (Å²) in [6, 6.07) is 5.62. The first-order chi connectivity index (χ1) is 10.5. The van der Waals surface area contributed by atoms with Crippen molar-refractivity contribution in [3.8, 4) is 5.75 Å². The van der Waals surface area contributed by atoms with Crippen LogP contribution in [0.2, 0.25) is 0 Å². The Balaban J connectivity index is 1.67. The fourth-order valence-corrected chi connectivity index (χ4v) is 3.54. The second-order valence-electron chi connectivity index (χ2n) is 4.40. The molecule has 1 aromatic heterocycles. The second-order valence-corrected chi connectivity index (χ2v) is 6.88. The minimum atomic E-state index is -1.42. The van der Waals surface area contributed by atoms with E-state index in [1.54, 1.807) is 5.38 Å². The third-order valence-corrected chi connectivity index (χ3v) is 5.16. The SMILES string of the molecule is Cc1csc(S(=O)CC(=O)NCCOc2ccc(F)cc2)n1. The summed E-state index contributed by atoms with van der Waals surface area (Å²) in [4.78, 5) is 15.7. The van der Waals surface area contributed by atoms with Crippen molar-refractivity contribution in [2.75, 3.05) is 18.9 Å². The van der Waals surface area contributed by atoms with Gasteiger partial charge in [0.2, 0.25) is 5.91 Å². The summed E-state index contributed by atoms with van der Waals surface area (Å²) in [6.45, 7) is 2.34. The number of aryl methyl sites for hydroxylation is 1. The van der Waals surface area contributed by atoms with E-state index in [4.69, 9.17) is 4.74 Å². The summed E-state index contributed by atoms with van der Waals surface area (Å²) in [6.07, 6.45) is 0. The monoisotopic (exact) mass is 342 g/mol. The van der Waals surface area contributed by atoms with Crippen molar-refractivity contribution in [2.24, 2.45) is 0 Å². The van der Waals surface area contributed by atoms with Crippen LogP contribution in [0.5, 0.6) is 5.75 Å². The number of ether oxygens (including phenoxy) is 1. The lowest BCUT2D eigenvalue weighted by Crippen LogP contribution is -2.31. The number of carbonyl (C=O) groups excluding carboxylic acids is 1.